The van der Waals surface area contributed by atoms with Crippen molar-refractivity contribution >= 4 is 17.7 Å². The first-order valence-corrected chi connectivity index (χ1v) is 12.6. The van der Waals surface area contributed by atoms with E-state index in [1.54, 1.807) is 11.8 Å². The van der Waals surface area contributed by atoms with Gasteiger partial charge in [-0.1, -0.05) is 30.3 Å². The van der Waals surface area contributed by atoms with Crippen molar-refractivity contribution in [1.82, 2.24) is 14.7 Å². The standard InChI is InChI=1S/C28H38N4O3/c1-19(2)31(28(34)35)27-16-20(3)32(21(4)33)26-11-10-24(17-25(26)27)23-8-6-22(7-9-23)18-30-14-12-29(5)13-15-30/h6-11,17,19-20,27H,12-16,18H2,1-5H3,(H,34,35)/t20-,27+/m0/s1. The molecule has 7 heteroatoms. The first-order valence-electron chi connectivity index (χ1n) is 12.6. The molecule has 0 saturated carbocycles. The number of carbonyl (C=O) groups is 2. The summed E-state index contributed by atoms with van der Waals surface area (Å²) in [6.07, 6.45) is -0.358. The van der Waals surface area contributed by atoms with Crippen LogP contribution in [0, 0.1) is 0 Å². The fraction of sp³-hybridized carbons (Fsp3) is 0.500. The van der Waals surface area contributed by atoms with Crippen LogP contribution >= 0.6 is 0 Å². The molecule has 0 spiro atoms. The third-order valence-corrected chi connectivity index (χ3v) is 7.39. The zero-order chi connectivity index (χ0) is 25.3. The minimum atomic E-state index is -0.932. The zero-order valence-electron chi connectivity index (χ0n) is 21.6. The molecule has 2 aliphatic rings. The van der Waals surface area contributed by atoms with Gasteiger partial charge in [0.05, 0.1) is 6.04 Å². The Balaban J connectivity index is 1.64. The summed E-state index contributed by atoms with van der Waals surface area (Å²) in [4.78, 5) is 32.8. The molecule has 0 bridgehead atoms. The fourth-order valence-corrected chi connectivity index (χ4v) is 5.54. The van der Waals surface area contributed by atoms with E-state index in [2.05, 4.69) is 47.2 Å². The summed E-state index contributed by atoms with van der Waals surface area (Å²) >= 11 is 0. The summed E-state index contributed by atoms with van der Waals surface area (Å²) in [6, 6.07) is 14.2. The van der Waals surface area contributed by atoms with Crippen molar-refractivity contribution in [2.75, 3.05) is 38.1 Å². The maximum atomic E-state index is 12.5. The quantitative estimate of drug-likeness (QED) is 0.676. The van der Waals surface area contributed by atoms with Crippen molar-refractivity contribution in [1.29, 1.82) is 0 Å². The lowest BCUT2D eigenvalue weighted by Gasteiger charge is -2.43. The Hall–Kier alpha value is -2.90. The number of carboxylic acid groups (broad SMARTS) is 1. The third-order valence-electron chi connectivity index (χ3n) is 7.39. The van der Waals surface area contributed by atoms with Crippen molar-refractivity contribution in [2.24, 2.45) is 0 Å². The molecule has 2 amide bonds. The number of hydrogen-bond acceptors (Lipinski definition) is 4. The van der Waals surface area contributed by atoms with Crippen molar-refractivity contribution in [3.8, 4) is 11.1 Å². The molecule has 0 aliphatic carbocycles. The zero-order valence-corrected chi connectivity index (χ0v) is 21.6. The minimum absolute atomic E-state index is 0.0235. The highest BCUT2D eigenvalue weighted by atomic mass is 16.4. The highest BCUT2D eigenvalue weighted by molar-refractivity contribution is 5.94. The molecule has 2 heterocycles. The van der Waals surface area contributed by atoms with Gasteiger partial charge in [-0.25, -0.2) is 4.79 Å². The van der Waals surface area contributed by atoms with Crippen LogP contribution in [0.25, 0.3) is 11.1 Å². The average molecular weight is 479 g/mol. The van der Waals surface area contributed by atoms with E-state index < -0.39 is 6.09 Å². The molecular weight excluding hydrogens is 440 g/mol. The van der Waals surface area contributed by atoms with Crippen LogP contribution in [0.3, 0.4) is 0 Å². The molecule has 1 fully saturated rings. The molecule has 2 aliphatic heterocycles. The van der Waals surface area contributed by atoms with Gasteiger partial charge in [-0.05, 0) is 68.6 Å². The number of fused-ring (bicyclic) bond motifs is 1. The highest BCUT2D eigenvalue weighted by Crippen LogP contribution is 2.43. The van der Waals surface area contributed by atoms with E-state index in [9.17, 15) is 14.7 Å². The highest BCUT2D eigenvalue weighted by Gasteiger charge is 2.38. The monoisotopic (exact) mass is 478 g/mol. The molecule has 4 rings (SSSR count). The Morgan fingerprint density at radius 1 is 1.03 bits per heavy atom. The molecule has 2 atom stereocenters. The number of likely N-dealkylation sites (N-methyl/N-ethyl adjacent to an activating group) is 1. The Labute approximate surface area is 208 Å². The predicted octanol–water partition coefficient (Wildman–Crippen LogP) is 4.68. The summed E-state index contributed by atoms with van der Waals surface area (Å²) < 4.78 is 0. The van der Waals surface area contributed by atoms with Gasteiger partial charge in [-0.15, -0.1) is 0 Å². The lowest BCUT2D eigenvalue weighted by atomic mass is 9.87. The van der Waals surface area contributed by atoms with Crippen molar-refractivity contribution in [2.45, 2.75) is 58.8 Å². The van der Waals surface area contributed by atoms with E-state index in [0.29, 0.717) is 6.42 Å². The van der Waals surface area contributed by atoms with Crippen LogP contribution in [0.15, 0.2) is 42.5 Å². The smallest absolute Gasteiger partial charge is 0.408 e. The van der Waals surface area contributed by atoms with Gasteiger partial charge < -0.3 is 14.9 Å². The van der Waals surface area contributed by atoms with Gasteiger partial charge in [0.1, 0.15) is 0 Å². The lowest BCUT2D eigenvalue weighted by Crippen LogP contribution is -2.48. The molecule has 0 aromatic heterocycles. The lowest BCUT2D eigenvalue weighted by molar-refractivity contribution is -0.117. The Morgan fingerprint density at radius 2 is 1.66 bits per heavy atom. The van der Waals surface area contributed by atoms with E-state index >= 15 is 0 Å². The van der Waals surface area contributed by atoms with Crippen molar-refractivity contribution in [3.05, 3.63) is 53.6 Å². The van der Waals surface area contributed by atoms with Gasteiger partial charge in [0, 0.05) is 57.4 Å². The van der Waals surface area contributed by atoms with Crippen molar-refractivity contribution < 1.29 is 14.7 Å². The second-order valence-electron chi connectivity index (χ2n) is 10.3. The summed E-state index contributed by atoms with van der Waals surface area (Å²) in [6.45, 7) is 12.7. The molecule has 7 nitrogen and oxygen atoms in total. The van der Waals surface area contributed by atoms with Gasteiger partial charge in [0.15, 0.2) is 0 Å². The summed E-state index contributed by atoms with van der Waals surface area (Å²) in [7, 11) is 2.17. The van der Waals surface area contributed by atoms with Crippen LogP contribution in [0.1, 0.15) is 51.3 Å². The summed E-state index contributed by atoms with van der Waals surface area (Å²) in [5.74, 6) is -0.0235. The van der Waals surface area contributed by atoms with Crippen LogP contribution in [-0.4, -0.2) is 77.1 Å². The maximum Gasteiger partial charge on any atom is 0.408 e. The topological polar surface area (TPSA) is 67.3 Å². The second-order valence-corrected chi connectivity index (χ2v) is 10.3. The molecule has 2 aromatic carbocycles. The van der Waals surface area contributed by atoms with E-state index in [1.807, 2.05) is 32.9 Å². The van der Waals surface area contributed by atoms with Gasteiger partial charge in [0.25, 0.3) is 0 Å². The molecule has 35 heavy (non-hydrogen) atoms. The van der Waals surface area contributed by atoms with Crippen LogP contribution in [0.2, 0.25) is 0 Å². The third kappa shape index (κ3) is 5.36. The number of hydrogen-bond donors (Lipinski definition) is 1. The van der Waals surface area contributed by atoms with Gasteiger partial charge >= 0.3 is 6.09 Å². The van der Waals surface area contributed by atoms with Crippen LogP contribution in [0.4, 0.5) is 10.5 Å². The number of piperazine rings is 1. The molecule has 2 aromatic rings. The number of amides is 2. The number of carbonyl (C=O) groups excluding carboxylic acids is 1. The van der Waals surface area contributed by atoms with Crippen LogP contribution in [0.5, 0.6) is 0 Å². The Kier molecular flexibility index (Phi) is 7.47. The minimum Gasteiger partial charge on any atom is -0.465 e. The summed E-state index contributed by atoms with van der Waals surface area (Å²) in [5, 5.41) is 9.99. The first kappa shape index (κ1) is 25.2. The van der Waals surface area contributed by atoms with E-state index in [4.69, 9.17) is 0 Å². The van der Waals surface area contributed by atoms with Crippen LogP contribution < -0.4 is 4.90 Å². The van der Waals surface area contributed by atoms with E-state index in [0.717, 1.165) is 55.1 Å². The largest absolute Gasteiger partial charge is 0.465 e. The van der Waals surface area contributed by atoms with Gasteiger partial charge in [-0.2, -0.15) is 0 Å². The number of rotatable bonds is 5. The summed E-state index contributed by atoms with van der Waals surface area (Å²) in [5.41, 5.74) is 5.12. The Bertz CT molecular complexity index is 1060. The van der Waals surface area contributed by atoms with Gasteiger partial charge in [-0.3, -0.25) is 14.6 Å². The molecule has 188 valence electrons. The number of benzene rings is 2. The molecular formula is C28H38N4O3. The molecule has 1 N–H and O–H groups in total. The predicted molar refractivity (Wildman–Crippen MR) is 140 cm³/mol. The molecule has 0 radical (unpaired) electrons. The van der Waals surface area contributed by atoms with Gasteiger partial charge in [0.2, 0.25) is 5.91 Å². The average Bonchev–Trinajstić information content (AvgIpc) is 2.80. The van der Waals surface area contributed by atoms with Crippen LogP contribution in [-0.2, 0) is 11.3 Å². The second kappa shape index (κ2) is 10.4. The normalized spacial score (nSPS) is 21.1. The molecule has 0 unspecified atom stereocenters. The first-order chi connectivity index (χ1) is 16.7. The molecule has 1 saturated heterocycles. The van der Waals surface area contributed by atoms with Crippen molar-refractivity contribution in [3.63, 3.8) is 0 Å². The van der Waals surface area contributed by atoms with E-state index in [-0.39, 0.29) is 24.0 Å². The number of nitrogens with zero attached hydrogens (tertiary/aromatic N) is 4. The Morgan fingerprint density at radius 3 is 2.23 bits per heavy atom. The van der Waals surface area contributed by atoms with E-state index in [1.165, 1.54) is 10.5 Å². The maximum absolute atomic E-state index is 12.5. The number of anilines is 1. The SMILES string of the molecule is CC(=O)N1c2ccc(-c3ccc(CN4CCN(C)CC4)cc3)cc2[C@H](N(C(=O)O)C(C)C)C[C@@H]1C. The fourth-order valence-electron chi connectivity index (χ4n) is 5.54.